The maximum Gasteiger partial charge on any atom is 0.265 e. The molecule has 3 rings (SSSR count). The van der Waals surface area contributed by atoms with Gasteiger partial charge in [0.1, 0.15) is 10.6 Å². The summed E-state index contributed by atoms with van der Waals surface area (Å²) < 4.78 is 5.55. The Hall–Kier alpha value is -2.15. The van der Waals surface area contributed by atoms with Gasteiger partial charge in [0.2, 0.25) is 5.91 Å². The van der Waals surface area contributed by atoms with E-state index in [0.29, 0.717) is 40.8 Å². The average molecular weight is 319 g/mol. The lowest BCUT2D eigenvalue weighted by atomic mass is 10.1. The summed E-state index contributed by atoms with van der Waals surface area (Å²) in [4.78, 5) is 30.5. The summed E-state index contributed by atoms with van der Waals surface area (Å²) in [6.07, 6.45) is 0.628. The quantitative estimate of drug-likeness (QED) is 0.936. The number of primary amides is 1. The second kappa shape index (κ2) is 5.57. The molecule has 2 amide bonds. The number of rotatable bonds is 3. The van der Waals surface area contributed by atoms with E-state index >= 15 is 0 Å². The molecule has 1 fully saturated rings. The highest BCUT2D eigenvalue weighted by Gasteiger charge is 2.32. The van der Waals surface area contributed by atoms with E-state index in [1.165, 1.54) is 11.3 Å². The second-order valence-corrected chi connectivity index (χ2v) is 6.48. The van der Waals surface area contributed by atoms with Crippen LogP contribution in [0, 0.1) is 19.8 Å². The number of aromatic nitrogens is 1. The number of carbonyl (C=O) groups is 2. The predicted octanol–water partition coefficient (Wildman–Crippen LogP) is 1.97. The number of furan rings is 1. The molecule has 3 heterocycles. The molecule has 2 aromatic rings. The molecule has 2 N–H and O–H groups in total. The van der Waals surface area contributed by atoms with E-state index in [9.17, 15) is 9.59 Å². The zero-order chi connectivity index (χ0) is 15.9. The van der Waals surface area contributed by atoms with Crippen LogP contribution < -0.4 is 5.73 Å². The molecule has 1 aliphatic rings. The number of nitrogens with two attached hydrogens (primary N) is 1. The fourth-order valence-corrected chi connectivity index (χ4v) is 3.57. The first-order valence-corrected chi connectivity index (χ1v) is 7.90. The molecule has 0 aliphatic carbocycles. The molecule has 0 unspecified atom stereocenters. The summed E-state index contributed by atoms with van der Waals surface area (Å²) in [5.74, 6) is 0.793. The topological polar surface area (TPSA) is 89.4 Å². The third-order valence-electron chi connectivity index (χ3n) is 3.82. The van der Waals surface area contributed by atoms with E-state index in [1.807, 2.05) is 26.0 Å². The van der Waals surface area contributed by atoms with Crippen molar-refractivity contribution >= 4 is 23.2 Å². The number of hydrogen-bond donors (Lipinski definition) is 1. The van der Waals surface area contributed by atoms with Crippen LogP contribution in [0.4, 0.5) is 0 Å². The summed E-state index contributed by atoms with van der Waals surface area (Å²) in [5.41, 5.74) is 5.99. The van der Waals surface area contributed by atoms with Gasteiger partial charge in [0.25, 0.3) is 5.91 Å². The fraction of sp³-hybridized carbons (Fsp3) is 0.400. The number of carbonyl (C=O) groups excluding carboxylic acids is 2. The van der Waals surface area contributed by atoms with Crippen LogP contribution in [0.3, 0.4) is 0 Å². The maximum absolute atomic E-state index is 12.6. The largest absolute Gasteiger partial charge is 0.459 e. The standard InChI is InChI=1S/C15H17N3O3S/c1-8-3-4-11(21-8)14-17-9(2)12(22-14)15(20)18-6-5-10(7-18)13(16)19/h3-4,10H,5-7H2,1-2H3,(H2,16,19)/t10-/m1/s1. The van der Waals surface area contributed by atoms with Crippen molar-refractivity contribution in [2.45, 2.75) is 20.3 Å². The van der Waals surface area contributed by atoms with Crippen molar-refractivity contribution in [2.24, 2.45) is 11.7 Å². The third kappa shape index (κ3) is 2.64. The van der Waals surface area contributed by atoms with E-state index < -0.39 is 0 Å². The number of nitrogens with zero attached hydrogens (tertiary/aromatic N) is 2. The van der Waals surface area contributed by atoms with Crippen molar-refractivity contribution in [3.8, 4) is 10.8 Å². The summed E-state index contributed by atoms with van der Waals surface area (Å²) in [6.45, 7) is 4.62. The Morgan fingerprint density at radius 2 is 2.18 bits per heavy atom. The summed E-state index contributed by atoms with van der Waals surface area (Å²) >= 11 is 1.32. The van der Waals surface area contributed by atoms with Crippen LogP contribution in [-0.2, 0) is 4.79 Å². The molecule has 0 spiro atoms. The van der Waals surface area contributed by atoms with Gasteiger partial charge in [-0.05, 0) is 32.4 Å². The maximum atomic E-state index is 12.6. The van der Waals surface area contributed by atoms with Gasteiger partial charge in [0.05, 0.1) is 11.6 Å². The van der Waals surface area contributed by atoms with Crippen LogP contribution in [0.2, 0.25) is 0 Å². The minimum atomic E-state index is -0.344. The van der Waals surface area contributed by atoms with Gasteiger partial charge in [0, 0.05) is 13.1 Å². The van der Waals surface area contributed by atoms with E-state index in [1.54, 1.807) is 4.90 Å². The number of hydrogen-bond acceptors (Lipinski definition) is 5. The minimum absolute atomic E-state index is 0.0896. The molecular formula is C15H17N3O3S. The fourth-order valence-electron chi connectivity index (χ4n) is 2.57. The number of thiazole rings is 1. The smallest absolute Gasteiger partial charge is 0.265 e. The molecule has 0 aromatic carbocycles. The van der Waals surface area contributed by atoms with Gasteiger partial charge in [-0.2, -0.15) is 0 Å². The van der Waals surface area contributed by atoms with Crippen molar-refractivity contribution in [2.75, 3.05) is 13.1 Å². The molecule has 0 radical (unpaired) electrons. The molecule has 6 nitrogen and oxygen atoms in total. The van der Waals surface area contributed by atoms with Crippen molar-refractivity contribution in [1.29, 1.82) is 0 Å². The summed E-state index contributed by atoms with van der Waals surface area (Å²) in [6, 6.07) is 3.71. The molecule has 1 aliphatic heterocycles. The van der Waals surface area contributed by atoms with Gasteiger partial charge in [-0.3, -0.25) is 9.59 Å². The lowest BCUT2D eigenvalue weighted by molar-refractivity contribution is -0.121. The van der Waals surface area contributed by atoms with Gasteiger partial charge < -0.3 is 15.1 Å². The zero-order valence-electron chi connectivity index (χ0n) is 12.5. The first kappa shape index (κ1) is 14.8. The highest BCUT2D eigenvalue weighted by molar-refractivity contribution is 7.17. The molecule has 22 heavy (non-hydrogen) atoms. The summed E-state index contributed by atoms with van der Waals surface area (Å²) in [5, 5.41) is 0.694. The van der Waals surface area contributed by atoms with Crippen LogP contribution in [0.15, 0.2) is 16.5 Å². The Balaban J connectivity index is 1.82. The molecule has 7 heteroatoms. The Morgan fingerprint density at radius 1 is 1.41 bits per heavy atom. The molecular weight excluding hydrogens is 302 g/mol. The number of likely N-dealkylation sites (tertiary alicyclic amines) is 1. The Bertz CT molecular complexity index is 734. The van der Waals surface area contributed by atoms with E-state index in [4.69, 9.17) is 10.2 Å². The molecule has 0 bridgehead atoms. The second-order valence-electron chi connectivity index (χ2n) is 5.48. The normalized spacial score (nSPS) is 17.9. The van der Waals surface area contributed by atoms with E-state index in [2.05, 4.69) is 4.98 Å². The monoisotopic (exact) mass is 319 g/mol. The Kier molecular flexibility index (Phi) is 3.74. The van der Waals surface area contributed by atoms with Crippen molar-refractivity contribution in [3.63, 3.8) is 0 Å². The predicted molar refractivity (Wildman–Crippen MR) is 82.5 cm³/mol. The third-order valence-corrected chi connectivity index (χ3v) is 4.98. The van der Waals surface area contributed by atoms with Crippen molar-refractivity contribution < 1.29 is 14.0 Å². The molecule has 0 saturated carbocycles. The first-order chi connectivity index (χ1) is 10.5. The number of aryl methyl sites for hydroxylation is 2. The Morgan fingerprint density at radius 3 is 2.77 bits per heavy atom. The average Bonchev–Trinajstić information content (AvgIpc) is 3.16. The molecule has 1 atom stereocenters. The van der Waals surface area contributed by atoms with Crippen LogP contribution in [0.5, 0.6) is 0 Å². The van der Waals surface area contributed by atoms with Gasteiger partial charge in [-0.25, -0.2) is 4.98 Å². The van der Waals surface area contributed by atoms with E-state index in [0.717, 1.165) is 5.76 Å². The van der Waals surface area contributed by atoms with E-state index in [-0.39, 0.29) is 17.7 Å². The van der Waals surface area contributed by atoms with Gasteiger partial charge in [-0.1, -0.05) is 0 Å². The molecule has 116 valence electrons. The van der Waals surface area contributed by atoms with Crippen LogP contribution in [-0.4, -0.2) is 34.8 Å². The van der Waals surface area contributed by atoms with Crippen LogP contribution in [0.1, 0.15) is 27.5 Å². The van der Waals surface area contributed by atoms with Gasteiger partial charge in [0.15, 0.2) is 10.8 Å². The Labute approximate surface area is 131 Å². The van der Waals surface area contributed by atoms with Crippen LogP contribution >= 0.6 is 11.3 Å². The highest BCUT2D eigenvalue weighted by atomic mass is 32.1. The lowest BCUT2D eigenvalue weighted by Gasteiger charge is -2.14. The minimum Gasteiger partial charge on any atom is -0.459 e. The van der Waals surface area contributed by atoms with Crippen LogP contribution in [0.25, 0.3) is 10.8 Å². The van der Waals surface area contributed by atoms with Gasteiger partial charge in [-0.15, -0.1) is 11.3 Å². The van der Waals surface area contributed by atoms with Crippen molar-refractivity contribution in [3.05, 3.63) is 28.5 Å². The lowest BCUT2D eigenvalue weighted by Crippen LogP contribution is -2.31. The number of amides is 2. The summed E-state index contributed by atoms with van der Waals surface area (Å²) in [7, 11) is 0. The molecule has 2 aromatic heterocycles. The molecule has 1 saturated heterocycles. The zero-order valence-corrected chi connectivity index (χ0v) is 13.3. The SMILES string of the molecule is Cc1ccc(-c2nc(C)c(C(=O)N3CC[C@@H](C(N)=O)C3)s2)o1. The van der Waals surface area contributed by atoms with Crippen molar-refractivity contribution in [1.82, 2.24) is 9.88 Å². The first-order valence-electron chi connectivity index (χ1n) is 7.08. The van der Waals surface area contributed by atoms with Gasteiger partial charge >= 0.3 is 0 Å². The highest BCUT2D eigenvalue weighted by Crippen LogP contribution is 2.31.